The number of phenols is 2. The van der Waals surface area contributed by atoms with E-state index in [1.54, 1.807) is 31.0 Å². The molecule has 4 aromatic heterocycles. The normalized spacial score (nSPS) is 11.5. The maximum atomic E-state index is 11.9. The smallest absolute Gasteiger partial charge is 0.132 e. The fourth-order valence-electron chi connectivity index (χ4n) is 5.51. The molecule has 48 heavy (non-hydrogen) atoms. The number of rotatable bonds is 14. The van der Waals surface area contributed by atoms with E-state index in [1.807, 2.05) is 109 Å². The molecular weight excluding hydrogens is 598 g/mol. The van der Waals surface area contributed by atoms with Crippen molar-refractivity contribution in [3.05, 3.63) is 173 Å². The second-order valence-corrected chi connectivity index (χ2v) is 11.5. The molecule has 2 aromatic carbocycles. The first-order chi connectivity index (χ1) is 23.6. The zero-order valence-electron chi connectivity index (χ0n) is 26.5. The van der Waals surface area contributed by atoms with Crippen LogP contribution in [0.2, 0.25) is 0 Å². The summed E-state index contributed by atoms with van der Waals surface area (Å²) in [6, 6.07) is 34.7. The van der Waals surface area contributed by atoms with E-state index in [1.165, 1.54) is 0 Å². The number of benzene rings is 2. The van der Waals surface area contributed by atoms with E-state index in [-0.39, 0.29) is 18.0 Å². The molecule has 0 atom stereocenters. The van der Waals surface area contributed by atoms with Gasteiger partial charge in [-0.2, -0.15) is 0 Å². The highest BCUT2D eigenvalue weighted by Gasteiger charge is 2.22. The van der Waals surface area contributed by atoms with Gasteiger partial charge >= 0.3 is 0 Å². The molecule has 4 heterocycles. The number of nitrogens with zero attached hydrogens (tertiary/aromatic N) is 7. The molecule has 6 aromatic rings. The van der Waals surface area contributed by atoms with Crippen LogP contribution in [0.5, 0.6) is 11.5 Å². The van der Waals surface area contributed by atoms with Crippen LogP contribution in [0.3, 0.4) is 0 Å². The lowest BCUT2D eigenvalue weighted by molar-refractivity contribution is 0.228. The average molecular weight is 636 g/mol. The summed E-state index contributed by atoms with van der Waals surface area (Å²) in [5, 5.41) is 23.6. The molecule has 6 rings (SSSR count). The van der Waals surface area contributed by atoms with Crippen LogP contribution in [0.1, 0.15) is 39.5 Å². The van der Waals surface area contributed by atoms with Crippen molar-refractivity contribution in [2.75, 3.05) is 0 Å². The molecule has 2 N–H and O–H groups in total. The summed E-state index contributed by atoms with van der Waals surface area (Å²) >= 11 is 0. The monoisotopic (exact) mass is 635 g/mol. The molecule has 0 fully saturated rings. The van der Waals surface area contributed by atoms with Gasteiger partial charge in [-0.25, -0.2) is 0 Å². The Labute approximate surface area is 280 Å². The quantitative estimate of drug-likeness (QED) is 0.125. The summed E-state index contributed by atoms with van der Waals surface area (Å²) < 4.78 is 0. The topological polar surface area (TPSA) is 111 Å². The van der Waals surface area contributed by atoms with Crippen LogP contribution in [0, 0.1) is 0 Å². The predicted molar refractivity (Wildman–Crippen MR) is 186 cm³/mol. The Kier molecular flexibility index (Phi) is 10.8. The summed E-state index contributed by atoms with van der Waals surface area (Å²) in [4.78, 5) is 27.1. The molecule has 0 aliphatic heterocycles. The van der Waals surface area contributed by atoms with Gasteiger partial charge in [-0.1, -0.05) is 42.5 Å². The summed E-state index contributed by atoms with van der Waals surface area (Å²) in [6.45, 7) is 2.65. The van der Waals surface area contributed by atoms with E-state index in [9.17, 15) is 10.2 Å². The number of para-hydroxylation sites is 1. The van der Waals surface area contributed by atoms with E-state index < -0.39 is 0 Å². The van der Waals surface area contributed by atoms with Gasteiger partial charge < -0.3 is 10.2 Å². The van der Waals surface area contributed by atoms with Crippen LogP contribution in [0.4, 0.5) is 5.69 Å². The third-order valence-electron chi connectivity index (χ3n) is 7.81. The van der Waals surface area contributed by atoms with Crippen molar-refractivity contribution in [3.63, 3.8) is 0 Å². The number of hydrogen-bond acceptors (Lipinski definition) is 9. The van der Waals surface area contributed by atoms with Gasteiger partial charge in [0.2, 0.25) is 0 Å². The fourth-order valence-corrected chi connectivity index (χ4v) is 5.51. The summed E-state index contributed by atoms with van der Waals surface area (Å²) in [6.07, 6.45) is 8.74. The summed E-state index contributed by atoms with van der Waals surface area (Å²) in [5.74, 6) is 0.00687. The van der Waals surface area contributed by atoms with Crippen LogP contribution in [-0.4, -0.2) is 46.2 Å². The molecule has 9 heteroatoms. The molecule has 0 aliphatic carbocycles. The third-order valence-corrected chi connectivity index (χ3v) is 7.81. The van der Waals surface area contributed by atoms with Gasteiger partial charge in [-0.3, -0.25) is 34.7 Å². The van der Waals surface area contributed by atoms with Crippen LogP contribution in [-0.2, 0) is 39.3 Å². The third kappa shape index (κ3) is 8.94. The van der Waals surface area contributed by atoms with Gasteiger partial charge in [0.1, 0.15) is 11.5 Å². The number of pyridine rings is 4. The fraction of sp³-hybridized carbons (Fsp3) is 0.154. The Hall–Kier alpha value is -5.77. The summed E-state index contributed by atoms with van der Waals surface area (Å²) in [5.41, 5.74) is 5.85. The Morgan fingerprint density at radius 2 is 0.938 bits per heavy atom. The lowest BCUT2D eigenvalue weighted by Crippen LogP contribution is -2.25. The largest absolute Gasteiger partial charge is 0.507 e. The van der Waals surface area contributed by atoms with Crippen LogP contribution >= 0.6 is 0 Å². The minimum absolute atomic E-state index is 0.0241. The maximum absolute atomic E-state index is 11.9. The van der Waals surface area contributed by atoms with Gasteiger partial charge in [-0.15, -0.1) is 0 Å². The number of hydrogen-bond donors (Lipinski definition) is 2. The van der Waals surface area contributed by atoms with E-state index in [4.69, 9.17) is 0 Å². The molecule has 0 saturated carbocycles. The Morgan fingerprint density at radius 3 is 1.38 bits per heavy atom. The van der Waals surface area contributed by atoms with Crippen LogP contribution in [0.25, 0.3) is 0 Å². The molecule has 240 valence electrons. The summed E-state index contributed by atoms with van der Waals surface area (Å²) in [7, 11) is 0. The average Bonchev–Trinajstić information content (AvgIpc) is 3.13. The Morgan fingerprint density at radius 1 is 0.500 bits per heavy atom. The molecule has 0 saturated heterocycles. The predicted octanol–water partition coefficient (Wildman–Crippen LogP) is 6.83. The lowest BCUT2D eigenvalue weighted by Gasteiger charge is -2.26. The van der Waals surface area contributed by atoms with Gasteiger partial charge in [0.05, 0.1) is 34.0 Å². The van der Waals surface area contributed by atoms with Crippen molar-refractivity contribution in [2.45, 2.75) is 39.3 Å². The first-order valence-corrected chi connectivity index (χ1v) is 15.8. The van der Waals surface area contributed by atoms with E-state index in [2.05, 4.69) is 34.7 Å². The van der Waals surface area contributed by atoms with Crippen LogP contribution < -0.4 is 0 Å². The van der Waals surface area contributed by atoms with Crippen molar-refractivity contribution in [2.24, 2.45) is 4.99 Å². The van der Waals surface area contributed by atoms with Gasteiger partial charge in [0.15, 0.2) is 0 Å². The molecule has 0 aliphatic rings. The Balaban J connectivity index is 1.39. The van der Waals surface area contributed by atoms with Crippen molar-refractivity contribution < 1.29 is 10.2 Å². The highest BCUT2D eigenvalue weighted by Crippen LogP contribution is 2.36. The van der Waals surface area contributed by atoms with Crippen molar-refractivity contribution >= 4 is 11.9 Å². The molecule has 9 nitrogen and oxygen atoms in total. The molecule has 0 unspecified atom stereocenters. The van der Waals surface area contributed by atoms with Gasteiger partial charge in [-0.05, 0) is 66.7 Å². The van der Waals surface area contributed by atoms with Crippen molar-refractivity contribution in [1.82, 2.24) is 29.7 Å². The Bertz CT molecular complexity index is 1810. The van der Waals surface area contributed by atoms with E-state index in [0.29, 0.717) is 49.4 Å². The second-order valence-electron chi connectivity index (χ2n) is 11.5. The molecule has 0 radical (unpaired) electrons. The molecular formula is C39H37N7O2. The number of aromatic hydroxyl groups is 2. The molecule has 0 bridgehead atoms. The number of aromatic nitrogens is 4. The zero-order valence-corrected chi connectivity index (χ0v) is 26.5. The standard InChI is InChI=1S/C39H37N7O2/c47-38-30(23-44-32-12-2-1-3-13-32)22-31(24-45(25-33-14-4-8-18-40-33)26-34-15-5-9-19-41-34)39(48)37(38)29-46(27-35-16-6-10-20-42-35)28-36-17-7-11-21-43-36/h1-23,47-48H,24-29H2. The SMILES string of the molecule is Oc1c(C=Nc2ccccc2)cc(CN(Cc2ccccn2)Cc2ccccn2)c(O)c1CN(Cc1ccccn1)Cc1ccccn1. The minimum Gasteiger partial charge on any atom is -0.507 e. The van der Waals surface area contributed by atoms with Gasteiger partial charge in [0, 0.05) is 81.4 Å². The first-order valence-electron chi connectivity index (χ1n) is 15.8. The van der Waals surface area contributed by atoms with E-state index >= 15 is 0 Å². The number of phenolic OH excluding ortho intramolecular Hbond substituents is 2. The van der Waals surface area contributed by atoms with E-state index in [0.717, 1.165) is 28.5 Å². The van der Waals surface area contributed by atoms with Gasteiger partial charge in [0.25, 0.3) is 0 Å². The van der Waals surface area contributed by atoms with Crippen molar-refractivity contribution in [1.29, 1.82) is 0 Å². The molecule has 0 spiro atoms. The second kappa shape index (κ2) is 16.2. The first kappa shape index (κ1) is 32.2. The zero-order chi connectivity index (χ0) is 33.0. The highest BCUT2D eigenvalue weighted by atomic mass is 16.3. The lowest BCUT2D eigenvalue weighted by atomic mass is 10.0. The maximum Gasteiger partial charge on any atom is 0.132 e. The number of aliphatic imine (C=N–C) groups is 1. The molecule has 0 amide bonds. The van der Waals surface area contributed by atoms with Crippen molar-refractivity contribution in [3.8, 4) is 11.5 Å². The minimum atomic E-state index is -0.0241. The van der Waals surface area contributed by atoms with Crippen LogP contribution in [0.15, 0.2) is 139 Å². The highest BCUT2D eigenvalue weighted by molar-refractivity contribution is 5.87.